The van der Waals surface area contributed by atoms with Crippen LogP contribution < -0.4 is 5.32 Å². The topological polar surface area (TPSA) is 79.4 Å². The molecule has 1 N–H and O–H groups in total. The van der Waals surface area contributed by atoms with Gasteiger partial charge in [-0.15, -0.1) is 0 Å². The SMILES string of the molecule is CNC(=O)C(C)CN(C)S(=O)(=O)c1cnc(Cl)s1. The van der Waals surface area contributed by atoms with E-state index in [1.165, 1.54) is 20.3 Å². The van der Waals surface area contributed by atoms with Crippen molar-refractivity contribution in [1.29, 1.82) is 0 Å². The molecule has 1 rings (SSSR count). The van der Waals surface area contributed by atoms with Gasteiger partial charge in [0.15, 0.2) is 8.68 Å². The van der Waals surface area contributed by atoms with Gasteiger partial charge in [-0.2, -0.15) is 4.31 Å². The van der Waals surface area contributed by atoms with Crippen LogP contribution in [-0.2, 0) is 14.8 Å². The lowest BCUT2D eigenvalue weighted by molar-refractivity contribution is -0.124. The molecule has 102 valence electrons. The number of halogens is 1. The highest BCUT2D eigenvalue weighted by Gasteiger charge is 2.26. The third-order valence-corrected chi connectivity index (χ3v) is 5.72. The molecular weight excluding hydrogens is 298 g/mol. The first-order chi connectivity index (χ1) is 8.28. The van der Waals surface area contributed by atoms with Crippen LogP contribution in [0.4, 0.5) is 0 Å². The molecule has 1 unspecified atom stereocenters. The number of carbonyl (C=O) groups is 1. The Balaban J connectivity index is 2.83. The number of amides is 1. The van der Waals surface area contributed by atoms with Crippen LogP contribution in [0.1, 0.15) is 6.92 Å². The van der Waals surface area contributed by atoms with Crippen LogP contribution in [0, 0.1) is 5.92 Å². The molecule has 6 nitrogen and oxygen atoms in total. The number of hydrogen-bond acceptors (Lipinski definition) is 5. The predicted octanol–water partition coefficient (Wildman–Crippen LogP) is 0.799. The van der Waals surface area contributed by atoms with E-state index in [1.54, 1.807) is 6.92 Å². The van der Waals surface area contributed by atoms with Crippen LogP contribution in [0.25, 0.3) is 0 Å². The fourth-order valence-corrected chi connectivity index (χ4v) is 4.09. The number of nitrogens with zero attached hydrogens (tertiary/aromatic N) is 2. The number of thiazole rings is 1. The summed E-state index contributed by atoms with van der Waals surface area (Å²) in [6.07, 6.45) is 1.21. The normalized spacial score (nSPS) is 13.6. The molecule has 1 heterocycles. The summed E-state index contributed by atoms with van der Waals surface area (Å²) in [4.78, 5) is 15.0. The van der Waals surface area contributed by atoms with Crippen LogP contribution in [0.2, 0.25) is 4.47 Å². The van der Waals surface area contributed by atoms with Crippen molar-refractivity contribution in [2.75, 3.05) is 20.6 Å². The molecule has 0 fully saturated rings. The maximum Gasteiger partial charge on any atom is 0.253 e. The van der Waals surface area contributed by atoms with Crippen LogP contribution in [-0.4, -0.2) is 44.3 Å². The van der Waals surface area contributed by atoms with Gasteiger partial charge in [0.05, 0.1) is 6.20 Å². The molecule has 0 radical (unpaired) electrons. The minimum Gasteiger partial charge on any atom is -0.359 e. The molecule has 1 aromatic heterocycles. The Kier molecular flexibility index (Phi) is 5.09. The maximum atomic E-state index is 12.1. The zero-order valence-electron chi connectivity index (χ0n) is 10.2. The Morgan fingerprint density at radius 1 is 1.67 bits per heavy atom. The highest BCUT2D eigenvalue weighted by Crippen LogP contribution is 2.25. The second-order valence-electron chi connectivity index (χ2n) is 3.73. The Morgan fingerprint density at radius 2 is 2.28 bits per heavy atom. The van der Waals surface area contributed by atoms with Gasteiger partial charge in [0.2, 0.25) is 5.91 Å². The van der Waals surface area contributed by atoms with Crippen LogP contribution in [0.5, 0.6) is 0 Å². The van der Waals surface area contributed by atoms with E-state index in [9.17, 15) is 13.2 Å². The van der Waals surface area contributed by atoms with E-state index < -0.39 is 15.9 Å². The van der Waals surface area contributed by atoms with E-state index in [0.717, 1.165) is 15.6 Å². The van der Waals surface area contributed by atoms with Gasteiger partial charge in [-0.1, -0.05) is 29.9 Å². The summed E-state index contributed by atoms with van der Waals surface area (Å²) in [6.45, 7) is 1.75. The number of rotatable bonds is 5. The lowest BCUT2D eigenvalue weighted by atomic mass is 10.2. The molecule has 0 saturated carbocycles. The van der Waals surface area contributed by atoms with Crippen molar-refractivity contribution >= 4 is 38.9 Å². The highest BCUT2D eigenvalue weighted by atomic mass is 35.5. The van der Waals surface area contributed by atoms with Gasteiger partial charge < -0.3 is 5.32 Å². The Labute approximate surface area is 115 Å². The Bertz CT molecular complexity index is 529. The van der Waals surface area contributed by atoms with E-state index in [-0.39, 0.29) is 21.1 Å². The van der Waals surface area contributed by atoms with Crippen molar-refractivity contribution in [3.8, 4) is 0 Å². The largest absolute Gasteiger partial charge is 0.359 e. The van der Waals surface area contributed by atoms with Crippen molar-refractivity contribution in [1.82, 2.24) is 14.6 Å². The molecule has 0 aliphatic rings. The first kappa shape index (κ1) is 15.4. The quantitative estimate of drug-likeness (QED) is 0.872. The minimum absolute atomic E-state index is 0.0686. The number of nitrogens with one attached hydrogen (secondary N) is 1. The summed E-state index contributed by atoms with van der Waals surface area (Å²) < 4.78 is 25.6. The molecule has 0 spiro atoms. The number of sulfonamides is 1. The summed E-state index contributed by atoms with van der Waals surface area (Å²) in [5, 5.41) is 2.47. The van der Waals surface area contributed by atoms with Gasteiger partial charge in [-0.3, -0.25) is 4.79 Å². The number of carbonyl (C=O) groups excluding carboxylic acids is 1. The zero-order chi connectivity index (χ0) is 13.9. The molecule has 0 saturated heterocycles. The molecule has 0 bridgehead atoms. The molecule has 1 amide bonds. The van der Waals surface area contributed by atoms with Crippen molar-refractivity contribution in [2.45, 2.75) is 11.1 Å². The van der Waals surface area contributed by atoms with Crippen LogP contribution in [0.3, 0.4) is 0 Å². The lowest BCUT2D eigenvalue weighted by Gasteiger charge is -2.19. The maximum absolute atomic E-state index is 12.1. The zero-order valence-corrected chi connectivity index (χ0v) is 12.6. The second kappa shape index (κ2) is 5.96. The molecule has 1 aromatic rings. The summed E-state index contributed by atoms with van der Waals surface area (Å²) >= 11 is 6.50. The van der Waals surface area contributed by atoms with Gasteiger partial charge >= 0.3 is 0 Å². The van der Waals surface area contributed by atoms with E-state index in [2.05, 4.69) is 10.3 Å². The average Bonchev–Trinajstić information content (AvgIpc) is 2.75. The van der Waals surface area contributed by atoms with E-state index in [1.807, 2.05) is 0 Å². The third-order valence-electron chi connectivity index (χ3n) is 2.35. The predicted molar refractivity (Wildman–Crippen MR) is 70.2 cm³/mol. The van der Waals surface area contributed by atoms with Gasteiger partial charge in [-0.25, -0.2) is 13.4 Å². The minimum atomic E-state index is -3.63. The van der Waals surface area contributed by atoms with Gasteiger partial charge in [-0.05, 0) is 0 Å². The van der Waals surface area contributed by atoms with E-state index >= 15 is 0 Å². The lowest BCUT2D eigenvalue weighted by Crippen LogP contribution is -2.37. The van der Waals surface area contributed by atoms with E-state index in [0.29, 0.717) is 0 Å². The van der Waals surface area contributed by atoms with Gasteiger partial charge in [0, 0.05) is 26.6 Å². The monoisotopic (exact) mass is 311 g/mol. The third kappa shape index (κ3) is 3.41. The first-order valence-corrected chi connectivity index (χ1v) is 7.71. The number of aromatic nitrogens is 1. The summed E-state index contributed by atoms with van der Waals surface area (Å²) in [5.74, 6) is -0.641. The Morgan fingerprint density at radius 3 is 2.72 bits per heavy atom. The Hall–Kier alpha value is -0.700. The molecule has 9 heteroatoms. The van der Waals surface area contributed by atoms with Gasteiger partial charge in [0.1, 0.15) is 0 Å². The van der Waals surface area contributed by atoms with Crippen molar-refractivity contribution < 1.29 is 13.2 Å². The van der Waals surface area contributed by atoms with Gasteiger partial charge in [0.25, 0.3) is 10.0 Å². The van der Waals surface area contributed by atoms with Crippen molar-refractivity contribution in [3.63, 3.8) is 0 Å². The summed E-state index contributed by atoms with van der Waals surface area (Å²) in [6, 6.07) is 0. The van der Waals surface area contributed by atoms with Crippen molar-refractivity contribution in [3.05, 3.63) is 10.7 Å². The van der Waals surface area contributed by atoms with Crippen LogP contribution >= 0.6 is 22.9 Å². The smallest absolute Gasteiger partial charge is 0.253 e. The highest BCUT2D eigenvalue weighted by molar-refractivity contribution is 7.91. The molecule has 1 atom stereocenters. The van der Waals surface area contributed by atoms with Crippen molar-refractivity contribution in [2.24, 2.45) is 5.92 Å². The molecule has 0 aliphatic heterocycles. The summed E-state index contributed by atoms with van der Waals surface area (Å²) in [5.41, 5.74) is 0. The fourth-order valence-electron chi connectivity index (χ4n) is 1.33. The molecule has 18 heavy (non-hydrogen) atoms. The second-order valence-corrected chi connectivity index (χ2v) is 7.62. The first-order valence-electron chi connectivity index (χ1n) is 5.08. The summed E-state index contributed by atoms with van der Waals surface area (Å²) in [7, 11) is -0.701. The van der Waals surface area contributed by atoms with Crippen LogP contribution in [0.15, 0.2) is 10.4 Å². The average molecular weight is 312 g/mol. The van der Waals surface area contributed by atoms with E-state index in [4.69, 9.17) is 11.6 Å². The molecule has 0 aromatic carbocycles. The molecule has 0 aliphatic carbocycles. The fraction of sp³-hybridized carbons (Fsp3) is 0.556. The standard InChI is InChI=1S/C9H14ClN3O3S2/c1-6(8(14)11-2)5-13(3)18(15,16)7-4-12-9(10)17-7/h4,6H,5H2,1-3H3,(H,11,14). The molecular formula is C9H14ClN3O3S2. The number of hydrogen-bond donors (Lipinski definition) is 1.